The average Bonchev–Trinajstić information content (AvgIpc) is 2.79. The molecule has 0 radical (unpaired) electrons. The molecule has 2 rings (SSSR count). The van der Waals surface area contributed by atoms with Crippen LogP contribution in [0.3, 0.4) is 0 Å². The zero-order chi connectivity index (χ0) is 11.4. The van der Waals surface area contributed by atoms with E-state index in [4.69, 9.17) is 0 Å². The van der Waals surface area contributed by atoms with Gasteiger partial charge in [-0.1, -0.05) is 6.92 Å². The Morgan fingerprint density at radius 1 is 1.62 bits per heavy atom. The molecule has 1 saturated heterocycles. The van der Waals surface area contributed by atoms with Crippen LogP contribution in [0.2, 0.25) is 0 Å². The van der Waals surface area contributed by atoms with Crippen LogP contribution in [-0.2, 0) is 6.42 Å². The van der Waals surface area contributed by atoms with E-state index in [1.165, 1.54) is 4.88 Å². The molecule has 1 unspecified atom stereocenters. The molecule has 1 amide bonds. The van der Waals surface area contributed by atoms with Crippen LogP contribution < -0.4 is 10.6 Å². The molecule has 0 saturated carbocycles. The Bertz CT molecular complexity index is 356. The second-order valence-electron chi connectivity index (χ2n) is 4.14. The maximum atomic E-state index is 11.9. The quantitative estimate of drug-likeness (QED) is 0.843. The van der Waals surface area contributed by atoms with Crippen molar-refractivity contribution in [2.24, 2.45) is 0 Å². The second kappa shape index (κ2) is 5.46. The monoisotopic (exact) mass is 238 g/mol. The van der Waals surface area contributed by atoms with Gasteiger partial charge in [0.05, 0.1) is 4.88 Å². The fraction of sp³-hybridized carbons (Fsp3) is 0.583. The molecule has 1 atom stereocenters. The van der Waals surface area contributed by atoms with Crippen LogP contribution in [0.4, 0.5) is 0 Å². The van der Waals surface area contributed by atoms with Crippen LogP contribution in [0.1, 0.15) is 34.3 Å². The molecule has 4 heteroatoms. The van der Waals surface area contributed by atoms with Gasteiger partial charge < -0.3 is 10.6 Å². The fourth-order valence-electron chi connectivity index (χ4n) is 1.92. The largest absolute Gasteiger partial charge is 0.347 e. The van der Waals surface area contributed by atoms with Crippen LogP contribution in [0.25, 0.3) is 0 Å². The van der Waals surface area contributed by atoms with Gasteiger partial charge in [0, 0.05) is 17.5 Å². The minimum absolute atomic E-state index is 0.0819. The van der Waals surface area contributed by atoms with Crippen molar-refractivity contribution in [2.75, 3.05) is 13.1 Å². The first-order chi connectivity index (χ1) is 7.79. The summed E-state index contributed by atoms with van der Waals surface area (Å²) in [5.41, 5.74) is 0. The van der Waals surface area contributed by atoms with Gasteiger partial charge in [-0.25, -0.2) is 0 Å². The van der Waals surface area contributed by atoms with Crippen LogP contribution in [-0.4, -0.2) is 25.0 Å². The molecule has 0 bridgehead atoms. The number of hydrogen-bond donors (Lipinski definition) is 2. The molecule has 0 aromatic carbocycles. The molecule has 1 aromatic rings. The molecule has 2 heterocycles. The van der Waals surface area contributed by atoms with E-state index in [0.29, 0.717) is 6.04 Å². The Morgan fingerprint density at radius 2 is 2.50 bits per heavy atom. The van der Waals surface area contributed by atoms with Gasteiger partial charge in [-0.15, -0.1) is 11.3 Å². The zero-order valence-electron chi connectivity index (χ0n) is 9.58. The first-order valence-corrected chi connectivity index (χ1v) is 6.71. The minimum Gasteiger partial charge on any atom is -0.347 e. The lowest BCUT2D eigenvalue weighted by Gasteiger charge is -2.23. The molecule has 2 N–H and O–H groups in total. The van der Waals surface area contributed by atoms with E-state index in [1.807, 2.05) is 12.1 Å². The molecule has 3 nitrogen and oxygen atoms in total. The third kappa shape index (κ3) is 2.83. The molecular formula is C12H18N2OS. The second-order valence-corrected chi connectivity index (χ2v) is 5.30. The lowest BCUT2D eigenvalue weighted by Crippen LogP contribution is -2.45. The van der Waals surface area contributed by atoms with Crippen molar-refractivity contribution in [1.82, 2.24) is 10.6 Å². The lowest BCUT2D eigenvalue weighted by molar-refractivity contribution is 0.0935. The van der Waals surface area contributed by atoms with Crippen molar-refractivity contribution in [3.63, 3.8) is 0 Å². The van der Waals surface area contributed by atoms with E-state index in [2.05, 4.69) is 17.6 Å². The van der Waals surface area contributed by atoms with E-state index < -0.39 is 0 Å². The van der Waals surface area contributed by atoms with Gasteiger partial charge >= 0.3 is 0 Å². The number of carbonyl (C=O) groups is 1. The Morgan fingerprint density at radius 3 is 3.12 bits per heavy atom. The highest BCUT2D eigenvalue weighted by Gasteiger charge is 2.17. The summed E-state index contributed by atoms with van der Waals surface area (Å²) in [5, 5.41) is 6.38. The highest BCUT2D eigenvalue weighted by Crippen LogP contribution is 2.17. The van der Waals surface area contributed by atoms with Crippen LogP contribution in [0.5, 0.6) is 0 Å². The Kier molecular flexibility index (Phi) is 3.96. The first kappa shape index (κ1) is 11.6. The molecule has 1 fully saturated rings. The predicted molar refractivity (Wildman–Crippen MR) is 67.1 cm³/mol. The summed E-state index contributed by atoms with van der Waals surface area (Å²) in [7, 11) is 0. The maximum absolute atomic E-state index is 11.9. The van der Waals surface area contributed by atoms with Crippen LogP contribution in [0, 0.1) is 0 Å². The lowest BCUT2D eigenvalue weighted by atomic mass is 10.1. The highest BCUT2D eigenvalue weighted by molar-refractivity contribution is 7.14. The third-order valence-electron chi connectivity index (χ3n) is 2.87. The van der Waals surface area contributed by atoms with Crippen molar-refractivity contribution in [1.29, 1.82) is 0 Å². The molecule has 1 aliphatic heterocycles. The standard InChI is InChI=1S/C12H18N2OS/c1-2-10-5-6-11(16-10)12(15)14-9-4-3-7-13-8-9/h5-6,9,13H,2-4,7-8H2,1H3,(H,14,15). The van der Waals surface area contributed by atoms with Gasteiger partial charge in [0.1, 0.15) is 0 Å². The van der Waals surface area contributed by atoms with E-state index >= 15 is 0 Å². The summed E-state index contributed by atoms with van der Waals surface area (Å²) < 4.78 is 0. The maximum Gasteiger partial charge on any atom is 0.261 e. The van der Waals surface area contributed by atoms with Gasteiger partial charge in [-0.2, -0.15) is 0 Å². The topological polar surface area (TPSA) is 41.1 Å². The van der Waals surface area contributed by atoms with Crippen molar-refractivity contribution >= 4 is 17.2 Å². The number of thiophene rings is 1. The van der Waals surface area contributed by atoms with Gasteiger partial charge in [-0.3, -0.25) is 4.79 Å². The Hall–Kier alpha value is -0.870. The molecular weight excluding hydrogens is 220 g/mol. The van der Waals surface area contributed by atoms with E-state index in [9.17, 15) is 4.79 Å². The fourth-order valence-corrected chi connectivity index (χ4v) is 2.77. The van der Waals surface area contributed by atoms with Gasteiger partial charge in [0.15, 0.2) is 0 Å². The molecule has 0 aliphatic carbocycles. The molecule has 0 spiro atoms. The summed E-state index contributed by atoms with van der Waals surface area (Å²) in [5.74, 6) is 0.0819. The number of nitrogens with one attached hydrogen (secondary N) is 2. The molecule has 16 heavy (non-hydrogen) atoms. The van der Waals surface area contributed by atoms with Crippen molar-refractivity contribution in [2.45, 2.75) is 32.2 Å². The van der Waals surface area contributed by atoms with Gasteiger partial charge in [0.25, 0.3) is 5.91 Å². The van der Waals surface area contributed by atoms with Gasteiger partial charge in [-0.05, 0) is 37.9 Å². The molecule has 88 valence electrons. The van der Waals surface area contributed by atoms with Crippen molar-refractivity contribution in [3.8, 4) is 0 Å². The molecule has 1 aliphatic rings. The zero-order valence-corrected chi connectivity index (χ0v) is 10.4. The molecule has 1 aromatic heterocycles. The minimum atomic E-state index is 0.0819. The first-order valence-electron chi connectivity index (χ1n) is 5.90. The normalized spacial score (nSPS) is 20.7. The number of amides is 1. The summed E-state index contributed by atoms with van der Waals surface area (Å²) >= 11 is 1.60. The Balaban J connectivity index is 1.91. The number of carbonyl (C=O) groups excluding carboxylic acids is 1. The Labute approximate surface area is 100 Å². The van der Waals surface area contributed by atoms with Crippen molar-refractivity contribution in [3.05, 3.63) is 21.9 Å². The summed E-state index contributed by atoms with van der Waals surface area (Å²) in [4.78, 5) is 14.0. The van der Waals surface area contributed by atoms with Crippen molar-refractivity contribution < 1.29 is 4.79 Å². The SMILES string of the molecule is CCc1ccc(C(=O)NC2CCCNC2)s1. The smallest absolute Gasteiger partial charge is 0.261 e. The predicted octanol–water partition coefficient (Wildman–Crippen LogP) is 1.79. The third-order valence-corrected chi connectivity index (χ3v) is 4.09. The van der Waals surface area contributed by atoms with Gasteiger partial charge in [0.2, 0.25) is 0 Å². The van der Waals surface area contributed by atoms with Crippen LogP contribution in [0.15, 0.2) is 12.1 Å². The summed E-state index contributed by atoms with van der Waals surface area (Å²) in [6.07, 6.45) is 3.24. The number of rotatable bonds is 3. The highest BCUT2D eigenvalue weighted by atomic mass is 32.1. The number of hydrogen-bond acceptors (Lipinski definition) is 3. The average molecular weight is 238 g/mol. The van der Waals surface area contributed by atoms with E-state index in [0.717, 1.165) is 37.2 Å². The van der Waals surface area contributed by atoms with Crippen LogP contribution >= 0.6 is 11.3 Å². The van der Waals surface area contributed by atoms with E-state index in [1.54, 1.807) is 11.3 Å². The van der Waals surface area contributed by atoms with E-state index in [-0.39, 0.29) is 5.91 Å². The summed E-state index contributed by atoms with van der Waals surface area (Å²) in [6, 6.07) is 4.27. The number of piperidine rings is 1. The summed E-state index contributed by atoms with van der Waals surface area (Å²) in [6.45, 7) is 4.08. The number of aryl methyl sites for hydroxylation is 1.